The molecule has 0 unspecified atom stereocenters. The van der Waals surface area contributed by atoms with E-state index in [1.54, 1.807) is 0 Å². The van der Waals surface area contributed by atoms with Gasteiger partial charge in [-0.25, -0.2) is 0 Å². The van der Waals surface area contributed by atoms with Gasteiger partial charge >= 0.3 is 0 Å². The van der Waals surface area contributed by atoms with Crippen LogP contribution in [0, 0.1) is 0 Å². The van der Waals surface area contributed by atoms with Crippen LogP contribution in [0.1, 0.15) is 13.8 Å². The maximum absolute atomic E-state index is 3.33. The average Bonchev–Trinajstić information content (AvgIpc) is 2.16. The molecule has 0 heterocycles. The van der Waals surface area contributed by atoms with Crippen LogP contribution in [0.2, 0.25) is 0 Å². The molecule has 0 radical (unpaired) electrons. The Morgan fingerprint density at radius 1 is 1.33 bits per heavy atom. The summed E-state index contributed by atoms with van der Waals surface area (Å²) in [7, 11) is 0. The van der Waals surface area contributed by atoms with Gasteiger partial charge in [0.15, 0.2) is 0 Å². The lowest BCUT2D eigenvalue weighted by atomic mass is 10.2. The van der Waals surface area contributed by atoms with Gasteiger partial charge < -0.3 is 5.32 Å². The SMILES string of the molecule is CC=C(C)CNc1ccccc1. The van der Waals surface area contributed by atoms with E-state index in [2.05, 4.69) is 37.4 Å². The van der Waals surface area contributed by atoms with E-state index in [4.69, 9.17) is 0 Å². The fourth-order valence-electron chi connectivity index (χ4n) is 0.900. The first-order valence-corrected chi connectivity index (χ1v) is 4.23. The van der Waals surface area contributed by atoms with Gasteiger partial charge in [-0.15, -0.1) is 0 Å². The highest BCUT2D eigenvalue weighted by Crippen LogP contribution is 2.05. The highest BCUT2D eigenvalue weighted by Gasteiger charge is 1.88. The number of rotatable bonds is 3. The highest BCUT2D eigenvalue weighted by molar-refractivity contribution is 5.43. The Balaban J connectivity index is 2.44. The van der Waals surface area contributed by atoms with Gasteiger partial charge in [0.1, 0.15) is 0 Å². The van der Waals surface area contributed by atoms with Crippen LogP contribution in [0.25, 0.3) is 0 Å². The summed E-state index contributed by atoms with van der Waals surface area (Å²) in [5.41, 5.74) is 2.54. The Labute approximate surface area is 74.1 Å². The monoisotopic (exact) mass is 161 g/mol. The second kappa shape index (κ2) is 4.60. The predicted molar refractivity (Wildman–Crippen MR) is 54.4 cm³/mol. The summed E-state index contributed by atoms with van der Waals surface area (Å²) in [6.07, 6.45) is 2.12. The summed E-state index contributed by atoms with van der Waals surface area (Å²) < 4.78 is 0. The topological polar surface area (TPSA) is 12.0 Å². The van der Waals surface area contributed by atoms with Gasteiger partial charge in [-0.3, -0.25) is 0 Å². The first-order chi connectivity index (χ1) is 5.83. The van der Waals surface area contributed by atoms with Crippen LogP contribution >= 0.6 is 0 Å². The Bertz CT molecular complexity index is 249. The Morgan fingerprint density at radius 2 is 2.00 bits per heavy atom. The number of benzene rings is 1. The zero-order valence-corrected chi connectivity index (χ0v) is 7.67. The smallest absolute Gasteiger partial charge is 0.0357 e. The molecule has 64 valence electrons. The molecule has 1 aromatic carbocycles. The van der Waals surface area contributed by atoms with E-state index in [1.165, 1.54) is 11.3 Å². The van der Waals surface area contributed by atoms with Gasteiger partial charge in [0, 0.05) is 12.2 Å². The van der Waals surface area contributed by atoms with E-state index in [0.29, 0.717) is 0 Å². The molecule has 1 N–H and O–H groups in total. The lowest BCUT2D eigenvalue weighted by molar-refractivity contribution is 1.19. The molecule has 0 bridgehead atoms. The Hall–Kier alpha value is -1.24. The number of hydrogen-bond donors (Lipinski definition) is 1. The van der Waals surface area contributed by atoms with Crippen LogP contribution in [0.5, 0.6) is 0 Å². The van der Waals surface area contributed by atoms with Gasteiger partial charge in [0.2, 0.25) is 0 Å². The largest absolute Gasteiger partial charge is 0.381 e. The van der Waals surface area contributed by atoms with Gasteiger partial charge in [0.25, 0.3) is 0 Å². The normalized spacial score (nSPS) is 11.3. The summed E-state index contributed by atoms with van der Waals surface area (Å²) in [5, 5.41) is 3.33. The first-order valence-electron chi connectivity index (χ1n) is 4.23. The molecule has 0 saturated carbocycles. The first kappa shape index (κ1) is 8.85. The third-order valence-corrected chi connectivity index (χ3v) is 1.84. The highest BCUT2D eigenvalue weighted by atomic mass is 14.9. The summed E-state index contributed by atoms with van der Waals surface area (Å²) >= 11 is 0. The summed E-state index contributed by atoms with van der Waals surface area (Å²) in [5.74, 6) is 0. The van der Waals surface area contributed by atoms with E-state index >= 15 is 0 Å². The zero-order valence-electron chi connectivity index (χ0n) is 7.67. The molecule has 12 heavy (non-hydrogen) atoms. The summed E-state index contributed by atoms with van der Waals surface area (Å²) in [6.45, 7) is 5.11. The van der Waals surface area contributed by atoms with E-state index in [1.807, 2.05) is 18.2 Å². The molecule has 0 aliphatic rings. The summed E-state index contributed by atoms with van der Waals surface area (Å²) in [4.78, 5) is 0. The molecule has 0 aromatic heterocycles. The minimum atomic E-state index is 0.931. The van der Waals surface area contributed by atoms with Crippen molar-refractivity contribution in [1.82, 2.24) is 0 Å². The van der Waals surface area contributed by atoms with Crippen molar-refractivity contribution in [3.05, 3.63) is 42.0 Å². The van der Waals surface area contributed by atoms with Crippen LogP contribution in [0.15, 0.2) is 42.0 Å². The maximum Gasteiger partial charge on any atom is 0.0357 e. The van der Waals surface area contributed by atoms with Gasteiger partial charge in [-0.2, -0.15) is 0 Å². The number of nitrogens with one attached hydrogen (secondary N) is 1. The maximum atomic E-state index is 3.33. The van der Waals surface area contributed by atoms with Crippen LogP contribution in [0.3, 0.4) is 0 Å². The molecule has 0 amide bonds. The Kier molecular flexibility index (Phi) is 3.39. The number of hydrogen-bond acceptors (Lipinski definition) is 1. The second-order valence-electron chi connectivity index (χ2n) is 2.85. The van der Waals surface area contributed by atoms with Crippen molar-refractivity contribution >= 4 is 5.69 Å². The Morgan fingerprint density at radius 3 is 2.58 bits per heavy atom. The molecule has 1 aromatic rings. The van der Waals surface area contributed by atoms with E-state index in [0.717, 1.165) is 6.54 Å². The third-order valence-electron chi connectivity index (χ3n) is 1.84. The average molecular weight is 161 g/mol. The number of anilines is 1. The van der Waals surface area contributed by atoms with Crippen molar-refractivity contribution in [1.29, 1.82) is 0 Å². The second-order valence-corrected chi connectivity index (χ2v) is 2.85. The molecule has 1 nitrogen and oxygen atoms in total. The third kappa shape index (κ3) is 2.79. The van der Waals surface area contributed by atoms with Crippen molar-refractivity contribution in [3.8, 4) is 0 Å². The standard InChI is InChI=1S/C11H15N/c1-3-10(2)9-12-11-7-5-4-6-8-11/h3-8,12H,9H2,1-2H3. The molecule has 0 fully saturated rings. The van der Waals surface area contributed by atoms with Crippen molar-refractivity contribution in [2.75, 3.05) is 11.9 Å². The van der Waals surface area contributed by atoms with E-state index < -0.39 is 0 Å². The van der Waals surface area contributed by atoms with Crippen LogP contribution in [-0.4, -0.2) is 6.54 Å². The summed E-state index contributed by atoms with van der Waals surface area (Å²) in [6, 6.07) is 10.2. The van der Waals surface area contributed by atoms with Crippen LogP contribution < -0.4 is 5.32 Å². The van der Waals surface area contributed by atoms with Crippen LogP contribution in [-0.2, 0) is 0 Å². The van der Waals surface area contributed by atoms with Gasteiger partial charge in [-0.1, -0.05) is 29.8 Å². The van der Waals surface area contributed by atoms with Crippen LogP contribution in [0.4, 0.5) is 5.69 Å². The van der Waals surface area contributed by atoms with Gasteiger partial charge in [0.05, 0.1) is 0 Å². The fourth-order valence-corrected chi connectivity index (χ4v) is 0.900. The predicted octanol–water partition coefficient (Wildman–Crippen LogP) is 3.06. The van der Waals surface area contributed by atoms with Crippen molar-refractivity contribution in [2.45, 2.75) is 13.8 Å². The molecule has 0 aliphatic heterocycles. The number of para-hydroxylation sites is 1. The van der Waals surface area contributed by atoms with Gasteiger partial charge in [-0.05, 0) is 26.0 Å². The molecule has 1 heteroatoms. The molecule has 0 aliphatic carbocycles. The van der Waals surface area contributed by atoms with Crippen molar-refractivity contribution in [2.24, 2.45) is 0 Å². The lowest BCUT2D eigenvalue weighted by Crippen LogP contribution is -2.01. The molecule has 0 atom stereocenters. The minimum Gasteiger partial charge on any atom is -0.381 e. The molecular formula is C11H15N. The molecule has 1 rings (SSSR count). The lowest BCUT2D eigenvalue weighted by Gasteiger charge is -2.05. The number of allylic oxidation sites excluding steroid dienone is 1. The van der Waals surface area contributed by atoms with Crippen molar-refractivity contribution in [3.63, 3.8) is 0 Å². The molecule has 0 saturated heterocycles. The fraction of sp³-hybridized carbons (Fsp3) is 0.273. The molecular weight excluding hydrogens is 146 g/mol. The van der Waals surface area contributed by atoms with E-state index in [9.17, 15) is 0 Å². The molecule has 0 spiro atoms. The minimum absolute atomic E-state index is 0.931. The van der Waals surface area contributed by atoms with E-state index in [-0.39, 0.29) is 0 Å². The van der Waals surface area contributed by atoms with Crippen molar-refractivity contribution < 1.29 is 0 Å². The zero-order chi connectivity index (χ0) is 8.81. The quantitative estimate of drug-likeness (QED) is 0.672.